The van der Waals surface area contributed by atoms with Crippen molar-refractivity contribution in [2.24, 2.45) is 0 Å². The zero-order valence-electron chi connectivity index (χ0n) is 11.2. The number of nitrogens with zero attached hydrogens (tertiary/aromatic N) is 4. The molecule has 1 aromatic rings. The predicted octanol–water partition coefficient (Wildman–Crippen LogP) is 1.34. The Morgan fingerprint density at radius 3 is 3.00 bits per heavy atom. The van der Waals surface area contributed by atoms with E-state index in [1.165, 1.54) is 0 Å². The Bertz CT molecular complexity index is 467. The minimum Gasteiger partial charge on any atom is -0.354 e. The van der Waals surface area contributed by atoms with Crippen LogP contribution in [0, 0.1) is 0 Å². The second-order valence-corrected chi connectivity index (χ2v) is 5.34. The molecule has 0 aromatic carbocycles. The lowest BCUT2D eigenvalue weighted by Crippen LogP contribution is -2.35. The molecule has 0 spiro atoms. The smallest absolute Gasteiger partial charge is 0.241 e. The minimum absolute atomic E-state index is 0.119. The molecule has 1 N–H and O–H groups in total. The van der Waals surface area contributed by atoms with Crippen LogP contribution >= 0.6 is 15.9 Å². The third kappa shape index (κ3) is 3.34. The van der Waals surface area contributed by atoms with E-state index in [9.17, 15) is 4.79 Å². The zero-order chi connectivity index (χ0) is 13.8. The quantitative estimate of drug-likeness (QED) is 0.907. The molecule has 0 atom stereocenters. The van der Waals surface area contributed by atoms with E-state index in [1.54, 1.807) is 11.1 Å². The number of carbonyl (C=O) groups excluding carboxylic acids is 1. The van der Waals surface area contributed by atoms with Crippen molar-refractivity contribution in [3.8, 4) is 0 Å². The maximum atomic E-state index is 11.9. The molecular weight excluding hydrogens is 310 g/mol. The molecule has 6 nitrogen and oxygen atoms in total. The van der Waals surface area contributed by atoms with Crippen molar-refractivity contribution in [1.82, 2.24) is 14.9 Å². The Hall–Kier alpha value is -1.37. The molecule has 7 heteroatoms. The second kappa shape index (κ2) is 6.18. The summed E-state index contributed by atoms with van der Waals surface area (Å²) in [6.45, 7) is 4.73. The van der Waals surface area contributed by atoms with Gasteiger partial charge in [0.05, 0.1) is 11.0 Å². The van der Waals surface area contributed by atoms with Gasteiger partial charge in [-0.05, 0) is 29.3 Å². The highest BCUT2D eigenvalue weighted by Crippen LogP contribution is 2.25. The summed E-state index contributed by atoms with van der Waals surface area (Å²) in [5, 5.41) is 3.08. The van der Waals surface area contributed by atoms with Gasteiger partial charge >= 0.3 is 0 Å². The van der Waals surface area contributed by atoms with E-state index in [2.05, 4.69) is 31.2 Å². The summed E-state index contributed by atoms with van der Waals surface area (Å²) in [7, 11) is 1.84. The lowest BCUT2D eigenvalue weighted by Gasteiger charge is -2.22. The molecule has 0 bridgehead atoms. The van der Waals surface area contributed by atoms with E-state index >= 15 is 0 Å². The van der Waals surface area contributed by atoms with E-state index in [0.29, 0.717) is 12.5 Å². The van der Waals surface area contributed by atoms with Crippen molar-refractivity contribution in [2.45, 2.75) is 13.3 Å². The lowest BCUT2D eigenvalue weighted by atomic mass is 10.4. The van der Waals surface area contributed by atoms with E-state index in [0.717, 1.165) is 36.3 Å². The first kappa shape index (κ1) is 14.0. The molecule has 104 valence electrons. The fourth-order valence-corrected chi connectivity index (χ4v) is 2.43. The number of hydrogen-bond donors (Lipinski definition) is 1. The van der Waals surface area contributed by atoms with Crippen LogP contribution in [0.25, 0.3) is 0 Å². The molecule has 2 rings (SSSR count). The van der Waals surface area contributed by atoms with E-state index in [1.807, 2.05) is 18.9 Å². The monoisotopic (exact) mass is 327 g/mol. The van der Waals surface area contributed by atoms with Crippen molar-refractivity contribution in [3.05, 3.63) is 10.7 Å². The van der Waals surface area contributed by atoms with Crippen molar-refractivity contribution >= 4 is 33.6 Å². The molecule has 2 heterocycles. The molecule has 1 fully saturated rings. The molecule has 1 aliphatic rings. The highest BCUT2D eigenvalue weighted by molar-refractivity contribution is 9.10. The average molecular weight is 328 g/mol. The van der Waals surface area contributed by atoms with Gasteiger partial charge in [-0.1, -0.05) is 0 Å². The van der Waals surface area contributed by atoms with Crippen LogP contribution < -0.4 is 10.2 Å². The van der Waals surface area contributed by atoms with Crippen LogP contribution in [-0.4, -0.2) is 54.0 Å². The maximum Gasteiger partial charge on any atom is 0.241 e. The van der Waals surface area contributed by atoms with Crippen LogP contribution in [0.15, 0.2) is 10.7 Å². The van der Waals surface area contributed by atoms with Gasteiger partial charge in [0, 0.05) is 32.9 Å². The highest BCUT2D eigenvalue weighted by atomic mass is 79.9. The Balaban J connectivity index is 2.24. The SMILES string of the molecule is CCNc1ncc(Br)c(N2CCCN(C)C(=O)C2)n1. The number of carbonyl (C=O) groups is 1. The molecular formula is C12H18BrN5O. The van der Waals surface area contributed by atoms with Gasteiger partial charge in [-0.15, -0.1) is 0 Å². The van der Waals surface area contributed by atoms with Crippen LogP contribution in [-0.2, 0) is 4.79 Å². The normalized spacial score (nSPS) is 16.5. The molecule has 0 saturated carbocycles. The first-order valence-corrected chi connectivity index (χ1v) is 7.16. The fourth-order valence-electron chi connectivity index (χ4n) is 1.99. The van der Waals surface area contributed by atoms with Crippen LogP contribution in [0.5, 0.6) is 0 Å². The standard InChI is InChI=1S/C12H18BrN5O/c1-3-14-12-15-7-9(13)11(16-12)18-6-4-5-17(2)10(19)8-18/h7H,3-6,8H2,1-2H3,(H,14,15,16). The van der Waals surface area contributed by atoms with Crippen molar-refractivity contribution in [3.63, 3.8) is 0 Å². The average Bonchev–Trinajstić information content (AvgIpc) is 2.55. The van der Waals surface area contributed by atoms with Gasteiger partial charge in [0.2, 0.25) is 11.9 Å². The Kier molecular flexibility index (Phi) is 4.57. The summed E-state index contributed by atoms with van der Waals surface area (Å²) in [5.41, 5.74) is 0. The second-order valence-electron chi connectivity index (χ2n) is 4.49. The Labute approximate surface area is 121 Å². The van der Waals surface area contributed by atoms with Gasteiger partial charge < -0.3 is 15.1 Å². The first-order chi connectivity index (χ1) is 9.11. The van der Waals surface area contributed by atoms with E-state index < -0.39 is 0 Å². The van der Waals surface area contributed by atoms with Gasteiger partial charge in [-0.3, -0.25) is 4.79 Å². The molecule has 1 saturated heterocycles. The minimum atomic E-state index is 0.119. The lowest BCUT2D eigenvalue weighted by molar-refractivity contribution is -0.127. The van der Waals surface area contributed by atoms with E-state index in [4.69, 9.17) is 0 Å². The predicted molar refractivity (Wildman–Crippen MR) is 78.4 cm³/mol. The molecule has 0 aliphatic carbocycles. The third-order valence-electron chi connectivity index (χ3n) is 3.03. The highest BCUT2D eigenvalue weighted by Gasteiger charge is 2.22. The number of rotatable bonds is 3. The number of amides is 1. The van der Waals surface area contributed by atoms with Crippen LogP contribution in [0.2, 0.25) is 0 Å². The summed E-state index contributed by atoms with van der Waals surface area (Å²) >= 11 is 3.46. The molecule has 1 amide bonds. The number of hydrogen-bond acceptors (Lipinski definition) is 5. The van der Waals surface area contributed by atoms with Gasteiger partial charge in [0.1, 0.15) is 5.82 Å². The summed E-state index contributed by atoms with van der Waals surface area (Å²) in [5.74, 6) is 1.48. The fraction of sp³-hybridized carbons (Fsp3) is 0.583. The van der Waals surface area contributed by atoms with Gasteiger partial charge in [-0.25, -0.2) is 4.98 Å². The van der Waals surface area contributed by atoms with Gasteiger partial charge in [0.15, 0.2) is 0 Å². The zero-order valence-corrected chi connectivity index (χ0v) is 12.8. The molecule has 0 radical (unpaired) electrons. The van der Waals surface area contributed by atoms with Crippen LogP contribution in [0.3, 0.4) is 0 Å². The summed E-state index contributed by atoms with van der Waals surface area (Å²) < 4.78 is 0.812. The summed E-state index contributed by atoms with van der Waals surface area (Å²) in [4.78, 5) is 24.4. The molecule has 1 aliphatic heterocycles. The Morgan fingerprint density at radius 2 is 2.26 bits per heavy atom. The van der Waals surface area contributed by atoms with Crippen molar-refractivity contribution in [2.75, 3.05) is 43.4 Å². The molecule has 0 unspecified atom stereocenters. The first-order valence-electron chi connectivity index (χ1n) is 6.37. The van der Waals surface area contributed by atoms with Crippen molar-refractivity contribution < 1.29 is 4.79 Å². The summed E-state index contributed by atoms with van der Waals surface area (Å²) in [6, 6.07) is 0. The third-order valence-corrected chi connectivity index (χ3v) is 3.59. The van der Waals surface area contributed by atoms with Crippen molar-refractivity contribution in [1.29, 1.82) is 0 Å². The maximum absolute atomic E-state index is 11.9. The topological polar surface area (TPSA) is 61.4 Å². The molecule has 19 heavy (non-hydrogen) atoms. The number of anilines is 2. The number of nitrogens with one attached hydrogen (secondary N) is 1. The number of halogens is 1. The largest absolute Gasteiger partial charge is 0.354 e. The Morgan fingerprint density at radius 1 is 1.47 bits per heavy atom. The summed E-state index contributed by atoms with van der Waals surface area (Å²) in [6.07, 6.45) is 2.66. The number of aromatic nitrogens is 2. The van der Waals surface area contributed by atoms with Gasteiger partial charge in [0.25, 0.3) is 0 Å². The van der Waals surface area contributed by atoms with E-state index in [-0.39, 0.29) is 5.91 Å². The van der Waals surface area contributed by atoms with Gasteiger partial charge in [-0.2, -0.15) is 4.98 Å². The van der Waals surface area contributed by atoms with Crippen LogP contribution in [0.4, 0.5) is 11.8 Å². The van der Waals surface area contributed by atoms with Crippen LogP contribution in [0.1, 0.15) is 13.3 Å². The molecule has 1 aromatic heterocycles. The number of likely N-dealkylation sites (N-methyl/N-ethyl adjacent to an activating group) is 1.